The first-order valence-electron chi connectivity index (χ1n) is 6.43. The molecule has 0 aromatic carbocycles. The Morgan fingerprint density at radius 3 is 2.40 bits per heavy atom. The number of hydrogen-bond donors (Lipinski definition) is 1. The van der Waals surface area contributed by atoms with Crippen molar-refractivity contribution in [1.29, 1.82) is 0 Å². The number of nitrogens with zero attached hydrogens (tertiary/aromatic N) is 1. The highest BCUT2D eigenvalue weighted by molar-refractivity contribution is 5.80. The van der Waals surface area contributed by atoms with Crippen molar-refractivity contribution in [3.05, 3.63) is 0 Å². The third-order valence-electron chi connectivity index (χ3n) is 3.75. The van der Waals surface area contributed by atoms with E-state index in [9.17, 15) is 22.8 Å². The number of carboxylic acids is 1. The standard InChI is InChI=1S/C12H16F3NO4/c13-12(14,15)6-20-5-10(17)16-3-8(7-1-2-7)9(4-16)11(18)19/h7-9H,1-6H2,(H,18,19)/t8-,9+/m1/s1. The Hall–Kier alpha value is -1.31. The largest absolute Gasteiger partial charge is 0.481 e. The van der Waals surface area contributed by atoms with E-state index in [1.165, 1.54) is 4.90 Å². The zero-order chi connectivity index (χ0) is 14.9. The summed E-state index contributed by atoms with van der Waals surface area (Å²) in [5.41, 5.74) is 0. The van der Waals surface area contributed by atoms with Gasteiger partial charge in [0.25, 0.3) is 0 Å². The molecule has 0 spiro atoms. The number of alkyl halides is 3. The molecule has 1 aliphatic heterocycles. The zero-order valence-electron chi connectivity index (χ0n) is 10.7. The number of carbonyl (C=O) groups is 2. The molecule has 1 heterocycles. The van der Waals surface area contributed by atoms with Gasteiger partial charge in [0.1, 0.15) is 13.2 Å². The number of halogens is 3. The summed E-state index contributed by atoms with van der Waals surface area (Å²) in [6, 6.07) is 0. The van der Waals surface area contributed by atoms with Gasteiger partial charge in [-0.2, -0.15) is 13.2 Å². The molecule has 8 heteroatoms. The van der Waals surface area contributed by atoms with Crippen molar-refractivity contribution in [3.8, 4) is 0 Å². The summed E-state index contributed by atoms with van der Waals surface area (Å²) in [6.45, 7) is -1.77. The Balaban J connectivity index is 1.83. The van der Waals surface area contributed by atoms with Crippen LogP contribution in [0.3, 0.4) is 0 Å². The lowest BCUT2D eigenvalue weighted by Crippen LogP contribution is -2.34. The van der Waals surface area contributed by atoms with E-state index >= 15 is 0 Å². The summed E-state index contributed by atoms with van der Waals surface area (Å²) in [5.74, 6) is -1.91. The summed E-state index contributed by atoms with van der Waals surface area (Å²) in [7, 11) is 0. The molecule has 0 aromatic heterocycles. The van der Waals surface area contributed by atoms with Crippen LogP contribution in [0, 0.1) is 17.8 Å². The van der Waals surface area contributed by atoms with Crippen LogP contribution in [0.15, 0.2) is 0 Å². The lowest BCUT2D eigenvalue weighted by molar-refractivity contribution is -0.177. The van der Waals surface area contributed by atoms with E-state index < -0.39 is 37.2 Å². The van der Waals surface area contributed by atoms with Crippen molar-refractivity contribution in [1.82, 2.24) is 4.90 Å². The van der Waals surface area contributed by atoms with Gasteiger partial charge in [-0.15, -0.1) is 0 Å². The fourth-order valence-corrected chi connectivity index (χ4v) is 2.64. The van der Waals surface area contributed by atoms with Crippen LogP contribution >= 0.6 is 0 Å². The van der Waals surface area contributed by atoms with Crippen LogP contribution in [-0.2, 0) is 14.3 Å². The van der Waals surface area contributed by atoms with Gasteiger partial charge in [-0.1, -0.05) is 0 Å². The number of amides is 1. The first kappa shape index (κ1) is 15.1. The Labute approximate surface area is 113 Å². The maximum Gasteiger partial charge on any atom is 0.411 e. The highest BCUT2D eigenvalue weighted by Crippen LogP contribution is 2.44. The maximum atomic E-state index is 11.9. The van der Waals surface area contributed by atoms with Crippen molar-refractivity contribution < 1.29 is 32.6 Å². The van der Waals surface area contributed by atoms with Crippen LogP contribution in [0.4, 0.5) is 13.2 Å². The first-order chi connectivity index (χ1) is 9.28. The highest BCUT2D eigenvalue weighted by atomic mass is 19.4. The Kier molecular flexibility index (Phi) is 4.22. The second-order valence-corrected chi connectivity index (χ2v) is 5.35. The molecule has 20 heavy (non-hydrogen) atoms. The van der Waals surface area contributed by atoms with E-state index in [2.05, 4.69) is 4.74 Å². The number of aliphatic carboxylic acids is 1. The van der Waals surface area contributed by atoms with E-state index in [0.29, 0.717) is 12.5 Å². The number of carboxylic acid groups (broad SMARTS) is 1. The number of likely N-dealkylation sites (tertiary alicyclic amines) is 1. The average Bonchev–Trinajstić information content (AvgIpc) is 3.05. The van der Waals surface area contributed by atoms with Crippen LogP contribution in [0.25, 0.3) is 0 Å². The summed E-state index contributed by atoms with van der Waals surface area (Å²) in [5, 5.41) is 9.12. The van der Waals surface area contributed by atoms with Crippen molar-refractivity contribution in [2.24, 2.45) is 17.8 Å². The normalized spacial score (nSPS) is 26.9. The summed E-state index contributed by atoms with van der Waals surface area (Å²) in [4.78, 5) is 24.2. The summed E-state index contributed by atoms with van der Waals surface area (Å²) < 4.78 is 40.0. The van der Waals surface area contributed by atoms with Crippen LogP contribution in [0.5, 0.6) is 0 Å². The van der Waals surface area contributed by atoms with Crippen LogP contribution < -0.4 is 0 Å². The van der Waals surface area contributed by atoms with Crippen LogP contribution in [-0.4, -0.2) is 54.4 Å². The van der Waals surface area contributed by atoms with Crippen molar-refractivity contribution in [3.63, 3.8) is 0 Å². The maximum absolute atomic E-state index is 11.9. The number of hydrogen-bond acceptors (Lipinski definition) is 3. The second kappa shape index (κ2) is 5.59. The Bertz CT molecular complexity index is 395. The molecule has 114 valence electrons. The van der Waals surface area contributed by atoms with Gasteiger partial charge < -0.3 is 14.7 Å². The quantitative estimate of drug-likeness (QED) is 0.826. The number of rotatable bonds is 5. The second-order valence-electron chi connectivity index (χ2n) is 5.35. The molecule has 0 aromatic rings. The van der Waals surface area contributed by atoms with Gasteiger partial charge in [0, 0.05) is 13.1 Å². The molecule has 5 nitrogen and oxygen atoms in total. The van der Waals surface area contributed by atoms with E-state index in [1.807, 2.05) is 0 Å². The topological polar surface area (TPSA) is 66.8 Å². The third-order valence-corrected chi connectivity index (χ3v) is 3.75. The van der Waals surface area contributed by atoms with Gasteiger partial charge in [-0.25, -0.2) is 0 Å². The molecule has 2 atom stereocenters. The minimum absolute atomic E-state index is 0.0602. The SMILES string of the molecule is O=C(O)[C@H]1CN(C(=O)COCC(F)(F)F)C[C@@H]1C1CC1. The molecular weight excluding hydrogens is 279 g/mol. The fourth-order valence-electron chi connectivity index (χ4n) is 2.64. The minimum Gasteiger partial charge on any atom is -0.481 e. The van der Waals surface area contributed by atoms with E-state index in [0.717, 1.165) is 12.8 Å². The lowest BCUT2D eigenvalue weighted by atomic mass is 9.92. The van der Waals surface area contributed by atoms with Gasteiger partial charge in [0.15, 0.2) is 0 Å². The molecule has 0 radical (unpaired) electrons. The minimum atomic E-state index is -4.47. The first-order valence-corrected chi connectivity index (χ1v) is 6.43. The molecule has 2 rings (SSSR count). The van der Waals surface area contributed by atoms with Crippen molar-refractivity contribution in [2.75, 3.05) is 26.3 Å². The smallest absolute Gasteiger partial charge is 0.411 e. The molecular formula is C12H16F3NO4. The molecule has 1 amide bonds. The van der Waals surface area contributed by atoms with Crippen LogP contribution in [0.2, 0.25) is 0 Å². The van der Waals surface area contributed by atoms with Gasteiger partial charge in [-0.05, 0) is 24.7 Å². The Morgan fingerprint density at radius 2 is 1.90 bits per heavy atom. The molecule has 1 saturated heterocycles. The molecule has 2 fully saturated rings. The van der Waals surface area contributed by atoms with Gasteiger partial charge in [0.05, 0.1) is 5.92 Å². The summed E-state index contributed by atoms with van der Waals surface area (Å²) in [6.07, 6.45) is -2.55. The van der Waals surface area contributed by atoms with E-state index in [4.69, 9.17) is 5.11 Å². The third kappa shape index (κ3) is 3.84. The Morgan fingerprint density at radius 1 is 1.25 bits per heavy atom. The molecule has 0 unspecified atom stereocenters. The van der Waals surface area contributed by atoms with Crippen LogP contribution in [0.1, 0.15) is 12.8 Å². The molecule has 2 aliphatic rings. The number of carbonyl (C=O) groups excluding carboxylic acids is 1. The lowest BCUT2D eigenvalue weighted by Gasteiger charge is -2.16. The molecule has 1 N–H and O–H groups in total. The fraction of sp³-hybridized carbons (Fsp3) is 0.833. The number of ether oxygens (including phenoxy) is 1. The predicted octanol–water partition coefficient (Wildman–Crippen LogP) is 1.13. The molecule has 1 saturated carbocycles. The highest BCUT2D eigenvalue weighted by Gasteiger charge is 2.46. The molecule has 1 aliphatic carbocycles. The van der Waals surface area contributed by atoms with Gasteiger partial charge in [-0.3, -0.25) is 9.59 Å². The molecule has 0 bridgehead atoms. The predicted molar refractivity (Wildman–Crippen MR) is 60.8 cm³/mol. The average molecular weight is 295 g/mol. The van der Waals surface area contributed by atoms with E-state index in [1.54, 1.807) is 0 Å². The van der Waals surface area contributed by atoms with E-state index in [-0.39, 0.29) is 12.5 Å². The van der Waals surface area contributed by atoms with Gasteiger partial charge in [0.2, 0.25) is 5.91 Å². The summed E-state index contributed by atoms with van der Waals surface area (Å²) >= 11 is 0. The van der Waals surface area contributed by atoms with Gasteiger partial charge >= 0.3 is 12.1 Å². The van der Waals surface area contributed by atoms with Crippen molar-refractivity contribution >= 4 is 11.9 Å². The zero-order valence-corrected chi connectivity index (χ0v) is 10.7. The van der Waals surface area contributed by atoms with Crippen molar-refractivity contribution in [2.45, 2.75) is 19.0 Å². The monoisotopic (exact) mass is 295 g/mol.